The first kappa shape index (κ1) is 15.4. The van der Waals surface area contributed by atoms with Crippen LogP contribution in [0.4, 0.5) is 11.4 Å². The number of fused-ring (bicyclic) bond motifs is 1. The Labute approximate surface area is 134 Å². The van der Waals surface area contributed by atoms with Crippen molar-refractivity contribution in [2.24, 2.45) is 0 Å². The maximum Gasteiger partial charge on any atom is 0.238 e. The van der Waals surface area contributed by atoms with Crippen LogP contribution in [0.3, 0.4) is 0 Å². The van der Waals surface area contributed by atoms with E-state index in [1.54, 1.807) is 24.3 Å². The number of aromatic nitrogens is 1. The third kappa shape index (κ3) is 3.45. The van der Waals surface area contributed by atoms with Crippen molar-refractivity contribution in [3.05, 3.63) is 54.2 Å². The second-order valence-electron chi connectivity index (χ2n) is 5.43. The van der Waals surface area contributed by atoms with E-state index in [1.807, 2.05) is 43.3 Å². The molecule has 2 aromatic carbocycles. The van der Waals surface area contributed by atoms with E-state index in [0.29, 0.717) is 22.4 Å². The van der Waals surface area contributed by atoms with E-state index in [4.69, 9.17) is 4.52 Å². The van der Waals surface area contributed by atoms with Gasteiger partial charge in [0.15, 0.2) is 5.58 Å². The van der Waals surface area contributed by atoms with Gasteiger partial charge in [-0.15, -0.1) is 0 Å². The van der Waals surface area contributed by atoms with Gasteiger partial charge in [-0.1, -0.05) is 17.3 Å². The number of nitrogens with zero attached hydrogens (tertiary/aromatic N) is 2. The summed E-state index contributed by atoms with van der Waals surface area (Å²) in [5.41, 5.74) is 2.49. The lowest BCUT2D eigenvalue weighted by atomic mass is 10.2. The standard InChI is InChI=1S/C16H17N3O3S/c1-19(2)13-9-7-12(8-10-13)18-23(20,21)11-15-14-5-3-4-6-16(14)22-17-15/h3-10,18H,11H2,1-2H3. The summed E-state index contributed by atoms with van der Waals surface area (Å²) in [5.74, 6) is -0.237. The largest absolute Gasteiger partial charge is 0.378 e. The highest BCUT2D eigenvalue weighted by atomic mass is 32.2. The second kappa shape index (κ2) is 5.92. The van der Waals surface area contributed by atoms with E-state index in [-0.39, 0.29) is 5.75 Å². The molecule has 3 rings (SSSR count). The fourth-order valence-corrected chi connectivity index (χ4v) is 3.40. The van der Waals surface area contributed by atoms with Crippen molar-refractivity contribution < 1.29 is 12.9 Å². The van der Waals surface area contributed by atoms with Crippen LogP contribution in [-0.4, -0.2) is 27.7 Å². The molecule has 3 aromatic rings. The molecule has 0 fully saturated rings. The van der Waals surface area contributed by atoms with E-state index in [0.717, 1.165) is 5.69 Å². The zero-order chi connectivity index (χ0) is 16.4. The molecule has 0 aliphatic rings. The highest BCUT2D eigenvalue weighted by Crippen LogP contribution is 2.21. The first-order valence-electron chi connectivity index (χ1n) is 7.06. The molecule has 0 bridgehead atoms. The minimum absolute atomic E-state index is 0.237. The summed E-state index contributed by atoms with van der Waals surface area (Å²) in [6.45, 7) is 0. The summed E-state index contributed by atoms with van der Waals surface area (Å²) in [6, 6.07) is 14.3. The molecule has 1 N–H and O–H groups in total. The fraction of sp³-hybridized carbons (Fsp3) is 0.188. The van der Waals surface area contributed by atoms with Crippen LogP contribution in [0.2, 0.25) is 0 Å². The first-order chi connectivity index (χ1) is 10.9. The Hall–Kier alpha value is -2.54. The van der Waals surface area contributed by atoms with Crippen LogP contribution in [-0.2, 0) is 15.8 Å². The third-order valence-electron chi connectivity index (χ3n) is 3.44. The van der Waals surface area contributed by atoms with Gasteiger partial charge in [-0.25, -0.2) is 8.42 Å². The van der Waals surface area contributed by atoms with Gasteiger partial charge < -0.3 is 9.42 Å². The summed E-state index contributed by atoms with van der Waals surface area (Å²) in [5, 5.41) is 4.57. The molecule has 6 nitrogen and oxygen atoms in total. The van der Waals surface area contributed by atoms with E-state index >= 15 is 0 Å². The molecule has 0 aliphatic carbocycles. The molecule has 0 amide bonds. The van der Waals surface area contributed by atoms with Gasteiger partial charge >= 0.3 is 0 Å². The summed E-state index contributed by atoms with van der Waals surface area (Å²) in [6.07, 6.45) is 0. The molecule has 1 aromatic heterocycles. The van der Waals surface area contributed by atoms with E-state index in [1.165, 1.54) is 0 Å². The van der Waals surface area contributed by atoms with Crippen molar-refractivity contribution in [2.75, 3.05) is 23.7 Å². The molecule has 0 unspecified atom stereocenters. The Morgan fingerprint density at radius 2 is 1.78 bits per heavy atom. The van der Waals surface area contributed by atoms with E-state index in [9.17, 15) is 8.42 Å². The average molecular weight is 331 g/mol. The number of rotatable bonds is 5. The molecular formula is C16H17N3O3S. The molecule has 23 heavy (non-hydrogen) atoms. The lowest BCUT2D eigenvalue weighted by Gasteiger charge is -2.13. The minimum atomic E-state index is -3.57. The maximum atomic E-state index is 12.3. The average Bonchev–Trinajstić information content (AvgIpc) is 2.90. The summed E-state index contributed by atoms with van der Waals surface area (Å²) in [7, 11) is 0.283. The first-order valence-corrected chi connectivity index (χ1v) is 8.71. The van der Waals surface area contributed by atoms with Crippen molar-refractivity contribution in [2.45, 2.75) is 5.75 Å². The molecule has 0 aliphatic heterocycles. The highest BCUT2D eigenvalue weighted by Gasteiger charge is 2.17. The summed E-state index contributed by atoms with van der Waals surface area (Å²) in [4.78, 5) is 1.94. The van der Waals surface area contributed by atoms with Crippen molar-refractivity contribution in [1.29, 1.82) is 0 Å². The molecular weight excluding hydrogens is 314 g/mol. The molecule has 7 heteroatoms. The Kier molecular flexibility index (Phi) is 3.96. The fourth-order valence-electron chi connectivity index (χ4n) is 2.27. The monoisotopic (exact) mass is 331 g/mol. The Morgan fingerprint density at radius 3 is 2.48 bits per heavy atom. The zero-order valence-corrected chi connectivity index (χ0v) is 13.7. The highest BCUT2D eigenvalue weighted by molar-refractivity contribution is 7.91. The summed E-state index contributed by atoms with van der Waals surface area (Å²) < 4.78 is 32.4. The molecule has 0 saturated heterocycles. The second-order valence-corrected chi connectivity index (χ2v) is 7.15. The number of nitrogens with one attached hydrogen (secondary N) is 1. The Balaban J connectivity index is 1.79. The van der Waals surface area contributed by atoms with Gasteiger partial charge in [-0.3, -0.25) is 4.72 Å². The van der Waals surface area contributed by atoms with Gasteiger partial charge in [0, 0.05) is 30.9 Å². The molecule has 1 heterocycles. The molecule has 0 radical (unpaired) electrons. The lowest BCUT2D eigenvalue weighted by Crippen LogP contribution is -2.15. The summed E-state index contributed by atoms with van der Waals surface area (Å²) >= 11 is 0. The normalized spacial score (nSPS) is 11.6. The minimum Gasteiger partial charge on any atom is -0.378 e. The lowest BCUT2D eigenvalue weighted by molar-refractivity contribution is 0.448. The van der Waals surface area contributed by atoms with Crippen LogP contribution in [0.5, 0.6) is 0 Å². The Bertz CT molecular complexity index is 915. The molecule has 0 atom stereocenters. The predicted octanol–water partition coefficient (Wildman–Crippen LogP) is 2.84. The molecule has 120 valence electrons. The van der Waals surface area contributed by atoms with Gasteiger partial charge in [0.25, 0.3) is 0 Å². The van der Waals surface area contributed by atoms with Crippen LogP contribution in [0.15, 0.2) is 53.1 Å². The van der Waals surface area contributed by atoms with Crippen molar-refractivity contribution in [3.8, 4) is 0 Å². The number of hydrogen-bond acceptors (Lipinski definition) is 5. The number of benzene rings is 2. The number of hydrogen-bond donors (Lipinski definition) is 1. The number of sulfonamides is 1. The van der Waals surface area contributed by atoms with E-state index in [2.05, 4.69) is 9.88 Å². The van der Waals surface area contributed by atoms with Gasteiger partial charge in [0.1, 0.15) is 11.4 Å². The van der Waals surface area contributed by atoms with Crippen molar-refractivity contribution in [1.82, 2.24) is 5.16 Å². The SMILES string of the molecule is CN(C)c1ccc(NS(=O)(=O)Cc2noc3ccccc23)cc1. The van der Waals surface area contributed by atoms with Gasteiger partial charge in [-0.05, 0) is 36.4 Å². The smallest absolute Gasteiger partial charge is 0.238 e. The van der Waals surface area contributed by atoms with Crippen LogP contribution in [0, 0.1) is 0 Å². The quantitative estimate of drug-likeness (QED) is 0.778. The topological polar surface area (TPSA) is 75.4 Å². The van der Waals surface area contributed by atoms with Gasteiger partial charge in [0.05, 0.1) is 0 Å². The third-order valence-corrected chi connectivity index (χ3v) is 4.64. The van der Waals surface area contributed by atoms with E-state index < -0.39 is 10.0 Å². The van der Waals surface area contributed by atoms with Gasteiger partial charge in [-0.2, -0.15) is 0 Å². The van der Waals surface area contributed by atoms with Crippen LogP contribution in [0.1, 0.15) is 5.69 Å². The van der Waals surface area contributed by atoms with Crippen LogP contribution < -0.4 is 9.62 Å². The number of para-hydroxylation sites is 1. The molecule has 0 spiro atoms. The zero-order valence-electron chi connectivity index (χ0n) is 12.9. The van der Waals surface area contributed by atoms with Crippen LogP contribution in [0.25, 0.3) is 11.0 Å². The number of anilines is 2. The maximum absolute atomic E-state index is 12.3. The molecule has 0 saturated carbocycles. The predicted molar refractivity (Wildman–Crippen MR) is 91.0 cm³/mol. The van der Waals surface area contributed by atoms with Crippen molar-refractivity contribution in [3.63, 3.8) is 0 Å². The van der Waals surface area contributed by atoms with Gasteiger partial charge in [0.2, 0.25) is 10.0 Å². The Morgan fingerprint density at radius 1 is 1.09 bits per heavy atom. The van der Waals surface area contributed by atoms with Crippen LogP contribution >= 0.6 is 0 Å². The van der Waals surface area contributed by atoms with Crippen molar-refractivity contribution >= 4 is 32.4 Å².